The number of aliphatic carboxylic acids is 1. The molecule has 0 saturated carbocycles. The smallest absolute Gasteiger partial charge is 0.371 e. The normalized spacial score (nSPS) is 23.3. The van der Waals surface area contributed by atoms with Crippen LogP contribution in [0.4, 0.5) is 0 Å². The number of nitrogens with one attached hydrogen (secondary N) is 1. The molecule has 0 amide bonds. The molecule has 1 aliphatic rings. The molecule has 0 bridgehead atoms. The molecule has 1 rings (SSSR count). The van der Waals surface area contributed by atoms with E-state index in [1.807, 2.05) is 6.92 Å². The van der Waals surface area contributed by atoms with E-state index in [2.05, 4.69) is 10.3 Å². The molecule has 1 unspecified atom stereocenters. The maximum absolute atomic E-state index is 10.3. The first-order valence-electron chi connectivity index (χ1n) is 2.94. The summed E-state index contributed by atoms with van der Waals surface area (Å²) in [6, 6.07) is -0.0349. The molecule has 0 fully saturated rings. The largest absolute Gasteiger partial charge is 0.475 e. The Morgan fingerprint density at radius 3 is 3.00 bits per heavy atom. The second kappa shape index (κ2) is 2.51. The highest BCUT2D eigenvalue weighted by molar-refractivity contribution is 6.34. The number of carboxylic acid groups (broad SMARTS) is 1. The van der Waals surface area contributed by atoms with Gasteiger partial charge in [-0.2, -0.15) is 0 Å². The van der Waals surface area contributed by atoms with E-state index in [-0.39, 0.29) is 11.9 Å². The van der Waals surface area contributed by atoms with Gasteiger partial charge in [0, 0.05) is 6.20 Å². The van der Waals surface area contributed by atoms with Gasteiger partial charge < -0.3 is 10.4 Å². The lowest BCUT2D eigenvalue weighted by atomic mass is 10.3. The number of rotatable bonds is 1. The monoisotopic (exact) mass is 140 g/mol. The highest BCUT2D eigenvalue weighted by Gasteiger charge is 2.10. The number of hydrogen-bond acceptors (Lipinski definition) is 3. The van der Waals surface area contributed by atoms with Crippen LogP contribution in [0.25, 0.3) is 0 Å². The van der Waals surface area contributed by atoms with Crippen molar-refractivity contribution in [3.63, 3.8) is 0 Å². The molecule has 4 heteroatoms. The fourth-order valence-electron chi connectivity index (χ4n) is 0.667. The van der Waals surface area contributed by atoms with Crippen molar-refractivity contribution in [2.24, 2.45) is 4.99 Å². The Balaban J connectivity index is 2.71. The third kappa shape index (κ3) is 1.34. The molecule has 0 aromatic rings. The van der Waals surface area contributed by atoms with Crippen molar-refractivity contribution in [3.8, 4) is 0 Å². The number of nitrogens with zero attached hydrogens (tertiary/aromatic N) is 1. The zero-order valence-electron chi connectivity index (χ0n) is 5.53. The van der Waals surface area contributed by atoms with Gasteiger partial charge in [-0.3, -0.25) is 4.99 Å². The summed E-state index contributed by atoms with van der Waals surface area (Å²) < 4.78 is 0. The maximum Gasteiger partial charge on any atom is 0.371 e. The van der Waals surface area contributed by atoms with Crippen LogP contribution in [-0.2, 0) is 4.79 Å². The molecule has 1 heterocycles. The van der Waals surface area contributed by atoms with Crippen molar-refractivity contribution in [1.82, 2.24) is 5.32 Å². The Kier molecular flexibility index (Phi) is 1.71. The van der Waals surface area contributed by atoms with E-state index in [9.17, 15) is 4.79 Å². The lowest BCUT2D eigenvalue weighted by Crippen LogP contribution is -2.30. The van der Waals surface area contributed by atoms with Gasteiger partial charge in [-0.1, -0.05) is 0 Å². The van der Waals surface area contributed by atoms with Crippen molar-refractivity contribution in [2.45, 2.75) is 13.0 Å². The highest BCUT2D eigenvalue weighted by atomic mass is 16.4. The van der Waals surface area contributed by atoms with Gasteiger partial charge >= 0.3 is 5.97 Å². The number of aliphatic imine (C=N–C) groups is 1. The van der Waals surface area contributed by atoms with Gasteiger partial charge in [-0.05, 0) is 13.0 Å². The standard InChI is InChI=1S/C6H8N2O2/c1-4-2-3-7-5(8-4)6(9)10/h2-4H,1H3,(H,7,8)(H,9,10). The van der Waals surface area contributed by atoms with E-state index in [0.717, 1.165) is 0 Å². The maximum atomic E-state index is 10.3. The van der Waals surface area contributed by atoms with Crippen molar-refractivity contribution in [2.75, 3.05) is 0 Å². The SMILES string of the molecule is CC1C=CNC(C(=O)O)=N1. The number of hydrogen-bond donors (Lipinski definition) is 2. The quantitative estimate of drug-likeness (QED) is 0.537. The summed E-state index contributed by atoms with van der Waals surface area (Å²) >= 11 is 0. The van der Waals surface area contributed by atoms with Crippen LogP contribution in [0.3, 0.4) is 0 Å². The first-order valence-corrected chi connectivity index (χ1v) is 2.94. The van der Waals surface area contributed by atoms with Crippen LogP contribution in [-0.4, -0.2) is 23.0 Å². The van der Waals surface area contributed by atoms with Crippen LogP contribution in [0.2, 0.25) is 0 Å². The van der Waals surface area contributed by atoms with Crippen LogP contribution >= 0.6 is 0 Å². The van der Waals surface area contributed by atoms with E-state index in [4.69, 9.17) is 5.11 Å². The Labute approximate surface area is 58.3 Å². The average Bonchev–Trinajstić information content (AvgIpc) is 1.88. The second-order valence-electron chi connectivity index (χ2n) is 2.03. The molecule has 1 aliphatic heterocycles. The average molecular weight is 140 g/mol. The van der Waals surface area contributed by atoms with Gasteiger partial charge in [0.1, 0.15) is 0 Å². The minimum Gasteiger partial charge on any atom is -0.475 e. The third-order valence-corrected chi connectivity index (χ3v) is 1.13. The van der Waals surface area contributed by atoms with E-state index >= 15 is 0 Å². The van der Waals surface area contributed by atoms with Gasteiger partial charge in [0.25, 0.3) is 0 Å². The van der Waals surface area contributed by atoms with E-state index < -0.39 is 5.97 Å². The lowest BCUT2D eigenvalue weighted by molar-refractivity contribution is -0.129. The van der Waals surface area contributed by atoms with Crippen molar-refractivity contribution in [3.05, 3.63) is 12.3 Å². The molecule has 0 aromatic heterocycles. The molecule has 0 radical (unpaired) electrons. The van der Waals surface area contributed by atoms with Gasteiger partial charge in [0.15, 0.2) is 0 Å². The molecular weight excluding hydrogens is 132 g/mol. The molecule has 0 saturated heterocycles. The van der Waals surface area contributed by atoms with Crippen LogP contribution < -0.4 is 5.32 Å². The van der Waals surface area contributed by atoms with Crippen LogP contribution in [0, 0.1) is 0 Å². The molecule has 54 valence electrons. The Bertz CT molecular complexity index is 208. The molecule has 0 aromatic carbocycles. The van der Waals surface area contributed by atoms with Crippen molar-refractivity contribution in [1.29, 1.82) is 0 Å². The lowest BCUT2D eigenvalue weighted by Gasteiger charge is -2.08. The summed E-state index contributed by atoms with van der Waals surface area (Å²) in [4.78, 5) is 14.1. The molecule has 1 atom stereocenters. The number of carbonyl (C=O) groups is 1. The molecule has 4 nitrogen and oxygen atoms in total. The Hall–Kier alpha value is -1.32. The van der Waals surface area contributed by atoms with Crippen LogP contribution in [0.1, 0.15) is 6.92 Å². The van der Waals surface area contributed by atoms with Crippen LogP contribution in [0.5, 0.6) is 0 Å². The topological polar surface area (TPSA) is 61.7 Å². The summed E-state index contributed by atoms with van der Waals surface area (Å²) in [6.45, 7) is 1.82. The predicted molar refractivity (Wildman–Crippen MR) is 36.8 cm³/mol. The molecular formula is C6H8N2O2. The van der Waals surface area contributed by atoms with Gasteiger partial charge in [0.05, 0.1) is 6.04 Å². The minimum atomic E-state index is -1.02. The van der Waals surface area contributed by atoms with E-state index in [1.54, 1.807) is 12.3 Å². The Morgan fingerprint density at radius 2 is 2.60 bits per heavy atom. The molecule has 10 heavy (non-hydrogen) atoms. The van der Waals surface area contributed by atoms with Gasteiger partial charge in [-0.25, -0.2) is 4.79 Å². The molecule has 0 aliphatic carbocycles. The number of amidine groups is 1. The van der Waals surface area contributed by atoms with E-state index in [0.29, 0.717) is 0 Å². The third-order valence-electron chi connectivity index (χ3n) is 1.13. The highest BCUT2D eigenvalue weighted by Crippen LogP contribution is 1.96. The summed E-state index contributed by atoms with van der Waals surface area (Å²) in [6.07, 6.45) is 3.37. The van der Waals surface area contributed by atoms with Gasteiger partial charge in [-0.15, -0.1) is 0 Å². The Morgan fingerprint density at radius 1 is 1.90 bits per heavy atom. The summed E-state index contributed by atoms with van der Waals surface area (Å²) in [5.41, 5.74) is 0. The fourth-order valence-corrected chi connectivity index (χ4v) is 0.667. The number of carboxylic acids is 1. The first kappa shape index (κ1) is 6.80. The molecule has 0 spiro atoms. The molecule has 2 N–H and O–H groups in total. The minimum absolute atomic E-state index is 0.00926. The van der Waals surface area contributed by atoms with E-state index in [1.165, 1.54) is 0 Å². The first-order chi connectivity index (χ1) is 4.70. The predicted octanol–water partition coefficient (Wildman–Crippen LogP) is -0.0251. The fraction of sp³-hybridized carbons (Fsp3) is 0.333. The summed E-state index contributed by atoms with van der Waals surface area (Å²) in [5, 5.41) is 10.9. The van der Waals surface area contributed by atoms with Crippen molar-refractivity contribution < 1.29 is 9.90 Å². The summed E-state index contributed by atoms with van der Waals surface area (Å²) in [7, 11) is 0. The van der Waals surface area contributed by atoms with Crippen molar-refractivity contribution >= 4 is 11.8 Å². The zero-order valence-corrected chi connectivity index (χ0v) is 5.53. The van der Waals surface area contributed by atoms with Crippen LogP contribution in [0.15, 0.2) is 17.3 Å². The second-order valence-corrected chi connectivity index (χ2v) is 2.03. The van der Waals surface area contributed by atoms with Gasteiger partial charge in [0.2, 0.25) is 5.84 Å². The zero-order chi connectivity index (χ0) is 7.56. The summed E-state index contributed by atoms with van der Waals surface area (Å²) in [5.74, 6) is -1.01.